The second-order valence-corrected chi connectivity index (χ2v) is 5.94. The van der Waals surface area contributed by atoms with Gasteiger partial charge in [-0.05, 0) is 36.6 Å². The average Bonchev–Trinajstić information content (AvgIpc) is 2.47. The van der Waals surface area contributed by atoms with E-state index >= 15 is 0 Å². The van der Waals surface area contributed by atoms with Crippen molar-refractivity contribution in [3.63, 3.8) is 0 Å². The minimum atomic E-state index is -0.673. The first kappa shape index (κ1) is 19.9. The van der Waals surface area contributed by atoms with Crippen molar-refractivity contribution < 1.29 is 13.6 Å². The molecule has 0 heterocycles. The largest absolute Gasteiger partial charge is 0.399 e. The number of nitrogen functional groups attached to an aromatic ring is 1. The minimum Gasteiger partial charge on any atom is -0.399 e. The van der Waals surface area contributed by atoms with Gasteiger partial charge in [0, 0.05) is 22.9 Å². The van der Waals surface area contributed by atoms with Crippen LogP contribution in [0, 0.1) is 24.5 Å². The summed E-state index contributed by atoms with van der Waals surface area (Å²) in [5.74, 6) is -1.72. The first-order chi connectivity index (χ1) is 10.8. The molecule has 0 aliphatic carbocycles. The molecular weight excluding hydrogens is 334 g/mol. The Labute approximate surface area is 146 Å². The van der Waals surface area contributed by atoms with E-state index < -0.39 is 17.7 Å². The van der Waals surface area contributed by atoms with Crippen LogP contribution < -0.4 is 11.1 Å². The molecule has 0 spiro atoms. The van der Waals surface area contributed by atoms with Gasteiger partial charge in [0.1, 0.15) is 11.6 Å². The first-order valence-corrected chi connectivity index (χ1v) is 7.41. The number of nitrogens with two attached hydrogens (primary N) is 1. The lowest BCUT2D eigenvalue weighted by molar-refractivity contribution is 0.0924. The van der Waals surface area contributed by atoms with Gasteiger partial charge in [0.2, 0.25) is 0 Å². The number of hydrogen-bond acceptors (Lipinski definition) is 2. The fourth-order valence-corrected chi connectivity index (χ4v) is 2.46. The molecule has 2 rings (SSSR count). The first-order valence-electron chi connectivity index (χ1n) is 7.41. The average molecular weight is 355 g/mol. The van der Waals surface area contributed by atoms with Crippen LogP contribution in [-0.4, -0.2) is 5.91 Å². The molecule has 0 saturated heterocycles. The zero-order valence-electron chi connectivity index (χ0n) is 13.8. The Balaban J connectivity index is 0.00000288. The summed E-state index contributed by atoms with van der Waals surface area (Å²) in [7, 11) is 0. The van der Waals surface area contributed by atoms with Crippen LogP contribution in [0.3, 0.4) is 0 Å². The zero-order valence-corrected chi connectivity index (χ0v) is 14.6. The molecule has 2 aromatic rings. The topological polar surface area (TPSA) is 55.1 Å². The molecule has 0 aliphatic rings. The van der Waals surface area contributed by atoms with Gasteiger partial charge in [0.25, 0.3) is 5.91 Å². The number of halogens is 3. The number of nitrogens with one attached hydrogen (secondary N) is 1. The van der Waals surface area contributed by atoms with E-state index in [9.17, 15) is 13.6 Å². The lowest BCUT2D eigenvalue weighted by Crippen LogP contribution is -2.32. The highest BCUT2D eigenvalue weighted by Crippen LogP contribution is 2.26. The van der Waals surface area contributed by atoms with Crippen molar-refractivity contribution in [2.45, 2.75) is 26.8 Å². The molecule has 0 bridgehead atoms. The van der Waals surface area contributed by atoms with Crippen molar-refractivity contribution in [1.82, 2.24) is 5.32 Å². The number of rotatable bonds is 4. The molecular formula is C18H21ClF2N2O. The second kappa shape index (κ2) is 8.11. The molecule has 1 atom stereocenters. The van der Waals surface area contributed by atoms with E-state index in [4.69, 9.17) is 5.73 Å². The number of anilines is 1. The van der Waals surface area contributed by atoms with E-state index in [0.717, 1.165) is 11.6 Å². The fourth-order valence-electron chi connectivity index (χ4n) is 2.46. The molecule has 1 amide bonds. The summed E-state index contributed by atoms with van der Waals surface area (Å²) < 4.78 is 27.1. The predicted octanol–water partition coefficient (Wildman–Crippen LogP) is 4.40. The molecule has 0 aromatic heterocycles. The number of carbonyl (C=O) groups is 1. The van der Waals surface area contributed by atoms with Gasteiger partial charge in [-0.2, -0.15) is 0 Å². The van der Waals surface area contributed by atoms with Crippen LogP contribution in [0.1, 0.15) is 41.4 Å². The van der Waals surface area contributed by atoms with Crippen molar-refractivity contribution in [2.24, 2.45) is 5.92 Å². The predicted molar refractivity (Wildman–Crippen MR) is 94.2 cm³/mol. The van der Waals surface area contributed by atoms with Gasteiger partial charge in [-0.15, -0.1) is 12.4 Å². The van der Waals surface area contributed by atoms with Crippen LogP contribution in [-0.2, 0) is 0 Å². The molecule has 24 heavy (non-hydrogen) atoms. The zero-order chi connectivity index (χ0) is 17.1. The third kappa shape index (κ3) is 4.45. The summed E-state index contributed by atoms with van der Waals surface area (Å²) in [6.45, 7) is 5.52. The molecule has 6 heteroatoms. The standard InChI is InChI=1S/C18H20F2N2O.ClH/c1-10(2)17(14-7-5-12(19)8-16(14)20)22-18(23)15-9-13(21)6-4-11(15)3;/h4-10,17H,21H2,1-3H3,(H,22,23);1H. The molecule has 130 valence electrons. The molecule has 1 unspecified atom stereocenters. The third-order valence-corrected chi connectivity index (χ3v) is 3.76. The van der Waals surface area contributed by atoms with E-state index in [0.29, 0.717) is 11.3 Å². The molecule has 3 nitrogen and oxygen atoms in total. The van der Waals surface area contributed by atoms with Crippen molar-refractivity contribution >= 4 is 24.0 Å². The maximum absolute atomic E-state index is 14.0. The summed E-state index contributed by atoms with van der Waals surface area (Å²) >= 11 is 0. The Morgan fingerprint density at radius 1 is 1.12 bits per heavy atom. The Morgan fingerprint density at radius 2 is 1.79 bits per heavy atom. The third-order valence-electron chi connectivity index (χ3n) is 3.76. The van der Waals surface area contributed by atoms with Gasteiger partial charge in [-0.3, -0.25) is 4.79 Å². The molecule has 2 aromatic carbocycles. The fraction of sp³-hybridized carbons (Fsp3) is 0.278. The summed E-state index contributed by atoms with van der Waals surface area (Å²) in [6.07, 6.45) is 0. The minimum absolute atomic E-state index is 0. The highest BCUT2D eigenvalue weighted by atomic mass is 35.5. The molecule has 0 saturated carbocycles. The van der Waals surface area contributed by atoms with Gasteiger partial charge in [0.05, 0.1) is 6.04 Å². The highest BCUT2D eigenvalue weighted by Gasteiger charge is 2.23. The lowest BCUT2D eigenvalue weighted by atomic mass is 9.94. The summed E-state index contributed by atoms with van der Waals surface area (Å²) in [4.78, 5) is 12.5. The summed E-state index contributed by atoms with van der Waals surface area (Å²) in [5.41, 5.74) is 7.69. The number of carbonyl (C=O) groups excluding carboxylic acids is 1. The maximum atomic E-state index is 14.0. The Bertz CT molecular complexity index is 735. The van der Waals surface area contributed by atoms with Crippen molar-refractivity contribution in [3.8, 4) is 0 Å². The summed E-state index contributed by atoms with van der Waals surface area (Å²) in [6, 6.07) is 7.86. The maximum Gasteiger partial charge on any atom is 0.252 e. The van der Waals surface area contributed by atoms with E-state index in [-0.39, 0.29) is 29.8 Å². The molecule has 0 radical (unpaired) electrons. The monoisotopic (exact) mass is 354 g/mol. The van der Waals surface area contributed by atoms with Gasteiger partial charge < -0.3 is 11.1 Å². The molecule has 3 N–H and O–H groups in total. The van der Waals surface area contributed by atoms with E-state index in [2.05, 4.69) is 5.32 Å². The summed E-state index contributed by atoms with van der Waals surface area (Å²) in [5, 5.41) is 2.82. The van der Waals surface area contributed by atoms with Crippen LogP contribution in [0.25, 0.3) is 0 Å². The smallest absolute Gasteiger partial charge is 0.252 e. The number of amides is 1. The van der Waals surface area contributed by atoms with E-state index in [1.54, 1.807) is 25.1 Å². The Morgan fingerprint density at radius 3 is 2.38 bits per heavy atom. The lowest BCUT2D eigenvalue weighted by Gasteiger charge is -2.24. The van der Waals surface area contributed by atoms with Crippen LogP contribution in [0.5, 0.6) is 0 Å². The number of benzene rings is 2. The van der Waals surface area contributed by atoms with Gasteiger partial charge in [0.15, 0.2) is 0 Å². The van der Waals surface area contributed by atoms with E-state index in [1.807, 2.05) is 13.8 Å². The SMILES string of the molecule is Cc1ccc(N)cc1C(=O)NC(c1ccc(F)cc1F)C(C)C.Cl. The van der Waals surface area contributed by atoms with Gasteiger partial charge in [-0.25, -0.2) is 8.78 Å². The van der Waals surface area contributed by atoms with Crippen LogP contribution in [0.2, 0.25) is 0 Å². The van der Waals surface area contributed by atoms with Crippen molar-refractivity contribution in [3.05, 3.63) is 64.7 Å². The normalized spacial score (nSPS) is 11.8. The van der Waals surface area contributed by atoms with Crippen LogP contribution in [0.4, 0.5) is 14.5 Å². The second-order valence-electron chi connectivity index (χ2n) is 5.94. The number of aryl methyl sites for hydroxylation is 1. The van der Waals surface area contributed by atoms with Crippen LogP contribution in [0.15, 0.2) is 36.4 Å². The Hall–Kier alpha value is -2.14. The molecule has 0 aliphatic heterocycles. The number of hydrogen-bond donors (Lipinski definition) is 2. The quantitative estimate of drug-likeness (QED) is 0.799. The van der Waals surface area contributed by atoms with Gasteiger partial charge in [-0.1, -0.05) is 26.0 Å². The van der Waals surface area contributed by atoms with E-state index in [1.165, 1.54) is 12.1 Å². The van der Waals surface area contributed by atoms with Crippen molar-refractivity contribution in [1.29, 1.82) is 0 Å². The molecule has 0 fully saturated rings. The highest BCUT2D eigenvalue weighted by molar-refractivity contribution is 5.96. The van der Waals surface area contributed by atoms with Crippen molar-refractivity contribution in [2.75, 3.05) is 5.73 Å². The van der Waals surface area contributed by atoms with Gasteiger partial charge >= 0.3 is 0 Å². The van der Waals surface area contributed by atoms with Crippen LogP contribution >= 0.6 is 12.4 Å². The Kier molecular flexibility index (Phi) is 6.72.